The fourth-order valence-corrected chi connectivity index (χ4v) is 10.0. The molecule has 2 heteroatoms. The summed E-state index contributed by atoms with van der Waals surface area (Å²) < 4.78 is 9.87. The second-order valence-corrected chi connectivity index (χ2v) is 16.6. The molecule has 0 atom stereocenters. The molecule has 68 valence electrons. The van der Waals surface area contributed by atoms with Crippen molar-refractivity contribution in [3.05, 3.63) is 0 Å². The van der Waals surface area contributed by atoms with Crippen LogP contribution < -0.4 is 0 Å². The Bertz CT molecular complexity index is 81.3. The number of hydrogen-bond acceptors (Lipinski definition) is 1. The topological polar surface area (TPSA) is 9.23 Å². The van der Waals surface area contributed by atoms with Crippen LogP contribution in [0, 0.1) is 0 Å². The molecular weight excluding hydrogens is 243 g/mol. The van der Waals surface area contributed by atoms with Crippen molar-refractivity contribution in [1.29, 1.82) is 0 Å². The predicted molar refractivity (Wildman–Crippen MR) is 53.4 cm³/mol. The SMILES string of the molecule is CCC[CH2][Sn]([CH2]C)([CH2]C)[O]C. The van der Waals surface area contributed by atoms with E-state index >= 15 is 0 Å². The van der Waals surface area contributed by atoms with Crippen LogP contribution in [0.25, 0.3) is 0 Å². The quantitative estimate of drug-likeness (QED) is 0.668. The minimum absolute atomic E-state index is 1.32. The van der Waals surface area contributed by atoms with E-state index < -0.39 is 18.8 Å². The molecule has 0 fully saturated rings. The standard InChI is InChI=1S/C4H9.2C2H5.CH3O.Sn/c1-3-4-2;3*1-2;/h1,3-4H2,2H3;2*1H2,2H3;1H3;/q;;;-1;+1. The molecule has 0 aromatic rings. The van der Waals surface area contributed by atoms with Crippen LogP contribution in [0.5, 0.6) is 0 Å². The van der Waals surface area contributed by atoms with Crippen LogP contribution in [0.3, 0.4) is 0 Å². The predicted octanol–water partition coefficient (Wildman–Crippen LogP) is 3.42. The van der Waals surface area contributed by atoms with Crippen molar-refractivity contribution < 1.29 is 3.07 Å². The molecule has 0 unspecified atom stereocenters. The number of unbranched alkanes of at least 4 members (excludes halogenated alkanes) is 1. The van der Waals surface area contributed by atoms with Gasteiger partial charge in [-0.2, -0.15) is 0 Å². The Morgan fingerprint density at radius 3 is 1.91 bits per heavy atom. The van der Waals surface area contributed by atoms with Gasteiger partial charge < -0.3 is 0 Å². The first-order valence-electron chi connectivity index (χ1n) is 4.79. The van der Waals surface area contributed by atoms with Crippen molar-refractivity contribution in [2.45, 2.75) is 46.9 Å². The van der Waals surface area contributed by atoms with E-state index in [9.17, 15) is 0 Å². The zero-order valence-corrected chi connectivity index (χ0v) is 11.3. The summed E-state index contributed by atoms with van der Waals surface area (Å²) in [5.41, 5.74) is 0. The Balaban J connectivity index is 3.84. The fourth-order valence-electron chi connectivity index (χ4n) is 1.49. The first-order chi connectivity index (χ1) is 5.24. The molecule has 0 aliphatic carbocycles. The Kier molecular flexibility index (Phi) is 6.73. The van der Waals surface area contributed by atoms with Crippen LogP contribution in [0.15, 0.2) is 0 Å². The van der Waals surface area contributed by atoms with Crippen LogP contribution in [0.2, 0.25) is 13.3 Å². The van der Waals surface area contributed by atoms with Crippen LogP contribution in [-0.4, -0.2) is 25.9 Å². The van der Waals surface area contributed by atoms with Crippen LogP contribution in [0.4, 0.5) is 0 Å². The van der Waals surface area contributed by atoms with Crippen LogP contribution in [-0.2, 0) is 3.07 Å². The third-order valence-electron chi connectivity index (χ3n) is 2.71. The molecule has 0 aromatic heterocycles. The van der Waals surface area contributed by atoms with Crippen LogP contribution >= 0.6 is 0 Å². The van der Waals surface area contributed by atoms with Gasteiger partial charge in [-0.1, -0.05) is 0 Å². The summed E-state index contributed by atoms with van der Waals surface area (Å²) in [6, 6.07) is 0. The summed E-state index contributed by atoms with van der Waals surface area (Å²) in [6.07, 6.45) is 2.70. The normalized spacial score (nSPS) is 12.0. The van der Waals surface area contributed by atoms with Gasteiger partial charge in [0.1, 0.15) is 0 Å². The van der Waals surface area contributed by atoms with E-state index in [-0.39, 0.29) is 0 Å². The van der Waals surface area contributed by atoms with Gasteiger partial charge in [0, 0.05) is 0 Å². The zero-order chi connectivity index (χ0) is 8.74. The van der Waals surface area contributed by atoms with Crippen molar-refractivity contribution in [2.75, 3.05) is 7.11 Å². The van der Waals surface area contributed by atoms with E-state index in [2.05, 4.69) is 20.8 Å². The molecule has 0 saturated heterocycles. The molecule has 0 spiro atoms. The molecule has 0 rings (SSSR count). The van der Waals surface area contributed by atoms with Crippen molar-refractivity contribution in [1.82, 2.24) is 0 Å². The third kappa shape index (κ3) is 3.79. The molecule has 0 heterocycles. The Hall–Kier alpha value is 0.759. The van der Waals surface area contributed by atoms with Gasteiger partial charge in [0.2, 0.25) is 0 Å². The maximum absolute atomic E-state index is 5.75. The second-order valence-electron chi connectivity index (χ2n) is 3.20. The Morgan fingerprint density at radius 2 is 1.64 bits per heavy atom. The maximum atomic E-state index is 5.75. The molecule has 11 heavy (non-hydrogen) atoms. The van der Waals surface area contributed by atoms with E-state index in [1.807, 2.05) is 7.11 Å². The van der Waals surface area contributed by atoms with E-state index in [1.54, 1.807) is 0 Å². The zero-order valence-electron chi connectivity index (χ0n) is 8.44. The van der Waals surface area contributed by atoms with Gasteiger partial charge in [-0.3, -0.25) is 0 Å². The molecule has 0 bridgehead atoms. The molecule has 0 radical (unpaired) electrons. The first-order valence-corrected chi connectivity index (χ1v) is 12.0. The Morgan fingerprint density at radius 1 is 1.09 bits per heavy atom. The monoisotopic (exact) mass is 266 g/mol. The van der Waals surface area contributed by atoms with Crippen molar-refractivity contribution in [3.8, 4) is 0 Å². The third-order valence-corrected chi connectivity index (χ3v) is 16.1. The van der Waals surface area contributed by atoms with Crippen LogP contribution in [0.1, 0.15) is 33.6 Å². The average molecular weight is 265 g/mol. The summed E-state index contributed by atoms with van der Waals surface area (Å²) in [6.45, 7) is 6.87. The first kappa shape index (κ1) is 11.8. The van der Waals surface area contributed by atoms with Crippen molar-refractivity contribution >= 4 is 18.8 Å². The van der Waals surface area contributed by atoms with Gasteiger partial charge in [-0.05, 0) is 0 Å². The molecule has 1 nitrogen and oxygen atoms in total. The van der Waals surface area contributed by atoms with Crippen molar-refractivity contribution in [3.63, 3.8) is 0 Å². The molecule has 0 N–H and O–H groups in total. The average Bonchev–Trinajstić information content (AvgIpc) is 2.08. The second kappa shape index (κ2) is 6.29. The van der Waals surface area contributed by atoms with Crippen molar-refractivity contribution in [2.24, 2.45) is 0 Å². The summed E-state index contributed by atoms with van der Waals surface area (Å²) in [5.74, 6) is 0. The summed E-state index contributed by atoms with van der Waals surface area (Å²) >= 11 is -1.96. The molecule has 0 aromatic carbocycles. The molecule has 0 aliphatic rings. The molecule has 0 saturated carbocycles. The minimum atomic E-state index is -1.96. The van der Waals surface area contributed by atoms with E-state index in [1.165, 1.54) is 26.2 Å². The molecule has 0 amide bonds. The number of hydrogen-bond donors (Lipinski definition) is 0. The van der Waals surface area contributed by atoms with Gasteiger partial charge in [-0.15, -0.1) is 0 Å². The Labute approximate surface area is 75.9 Å². The summed E-state index contributed by atoms with van der Waals surface area (Å²) in [5, 5.41) is 0. The van der Waals surface area contributed by atoms with Gasteiger partial charge in [0.05, 0.1) is 0 Å². The van der Waals surface area contributed by atoms with E-state index in [0.29, 0.717) is 0 Å². The van der Waals surface area contributed by atoms with Gasteiger partial charge in [0.15, 0.2) is 0 Å². The molecule has 0 aliphatic heterocycles. The number of rotatable bonds is 6. The fraction of sp³-hybridized carbons (Fsp3) is 1.00. The summed E-state index contributed by atoms with van der Waals surface area (Å²) in [4.78, 5) is 0. The van der Waals surface area contributed by atoms with E-state index in [4.69, 9.17) is 3.07 Å². The van der Waals surface area contributed by atoms with Gasteiger partial charge >= 0.3 is 75.9 Å². The van der Waals surface area contributed by atoms with Gasteiger partial charge in [0.25, 0.3) is 0 Å². The van der Waals surface area contributed by atoms with Gasteiger partial charge in [-0.25, -0.2) is 0 Å². The summed E-state index contributed by atoms with van der Waals surface area (Å²) in [7, 11) is 1.93. The van der Waals surface area contributed by atoms with E-state index in [0.717, 1.165) is 0 Å². The molecular formula is C9H22OSn.